The predicted molar refractivity (Wildman–Crippen MR) is 84.6 cm³/mol. The number of rotatable bonds is 4. The average Bonchev–Trinajstić information content (AvgIpc) is 2.96. The summed E-state index contributed by atoms with van der Waals surface area (Å²) in [6.45, 7) is 4.87. The number of aryl methyl sites for hydroxylation is 2. The maximum Gasteiger partial charge on any atom is 0.102 e. The van der Waals surface area contributed by atoms with Gasteiger partial charge in [-0.2, -0.15) is 15.0 Å². The maximum absolute atomic E-state index is 4.49. The molecule has 1 aromatic heterocycles. The molecule has 4 heteroatoms. The minimum atomic E-state index is 0.663. The van der Waals surface area contributed by atoms with Crippen molar-refractivity contribution >= 4 is 5.69 Å². The minimum Gasteiger partial charge on any atom is -0.379 e. The van der Waals surface area contributed by atoms with Crippen molar-refractivity contribution < 1.29 is 0 Å². The Kier molecular flexibility index (Phi) is 3.69. The zero-order valence-corrected chi connectivity index (χ0v) is 12.2. The molecular formula is C17H18N4. The molecule has 1 heterocycles. The molecule has 0 fully saturated rings. The Morgan fingerprint density at radius 2 is 1.86 bits per heavy atom. The fourth-order valence-electron chi connectivity index (χ4n) is 2.26. The van der Waals surface area contributed by atoms with E-state index in [-0.39, 0.29) is 0 Å². The van der Waals surface area contributed by atoms with Crippen LogP contribution in [0.15, 0.2) is 54.7 Å². The Balaban J connectivity index is 1.70. The van der Waals surface area contributed by atoms with Gasteiger partial charge in [-0.3, -0.25) is 0 Å². The van der Waals surface area contributed by atoms with E-state index in [0.29, 0.717) is 6.54 Å². The van der Waals surface area contributed by atoms with Gasteiger partial charge in [-0.1, -0.05) is 35.9 Å². The molecule has 1 N–H and O–H groups in total. The monoisotopic (exact) mass is 278 g/mol. The van der Waals surface area contributed by atoms with E-state index in [1.165, 1.54) is 11.1 Å². The predicted octanol–water partition coefficient (Wildman–Crippen LogP) is 3.50. The van der Waals surface area contributed by atoms with Crippen molar-refractivity contribution in [2.24, 2.45) is 0 Å². The molecule has 0 saturated carbocycles. The molecule has 0 radical (unpaired) electrons. The first-order chi connectivity index (χ1) is 10.2. The number of nitrogens with zero attached hydrogens (tertiary/aromatic N) is 3. The van der Waals surface area contributed by atoms with Gasteiger partial charge in [-0.25, -0.2) is 0 Å². The van der Waals surface area contributed by atoms with Crippen LogP contribution in [0.25, 0.3) is 5.69 Å². The van der Waals surface area contributed by atoms with Gasteiger partial charge < -0.3 is 5.32 Å². The Morgan fingerprint density at radius 1 is 1.05 bits per heavy atom. The summed E-state index contributed by atoms with van der Waals surface area (Å²) in [4.78, 5) is 1.65. The van der Waals surface area contributed by atoms with E-state index in [2.05, 4.69) is 47.6 Å². The summed E-state index contributed by atoms with van der Waals surface area (Å²) in [5.41, 5.74) is 5.53. The molecule has 4 nitrogen and oxygen atoms in total. The Labute approximate surface area is 124 Å². The summed E-state index contributed by atoms with van der Waals surface area (Å²) in [5.74, 6) is 0. The number of hydrogen-bond donors (Lipinski definition) is 1. The van der Waals surface area contributed by atoms with Gasteiger partial charge in [0.2, 0.25) is 0 Å². The van der Waals surface area contributed by atoms with Crippen molar-refractivity contribution in [1.29, 1.82) is 0 Å². The summed E-state index contributed by atoms with van der Waals surface area (Å²) in [6, 6.07) is 16.3. The van der Waals surface area contributed by atoms with Crippen LogP contribution in [0.2, 0.25) is 0 Å². The Hall–Kier alpha value is -2.62. The van der Waals surface area contributed by atoms with Crippen molar-refractivity contribution in [3.63, 3.8) is 0 Å². The number of para-hydroxylation sites is 1. The van der Waals surface area contributed by atoms with Gasteiger partial charge >= 0.3 is 0 Å². The molecule has 0 aliphatic carbocycles. The van der Waals surface area contributed by atoms with Crippen LogP contribution in [0.5, 0.6) is 0 Å². The van der Waals surface area contributed by atoms with Crippen LogP contribution in [-0.4, -0.2) is 15.0 Å². The van der Waals surface area contributed by atoms with Crippen LogP contribution in [0.1, 0.15) is 16.8 Å². The van der Waals surface area contributed by atoms with Crippen LogP contribution in [0, 0.1) is 13.8 Å². The third kappa shape index (κ3) is 3.11. The van der Waals surface area contributed by atoms with E-state index in [9.17, 15) is 0 Å². The third-order valence-electron chi connectivity index (χ3n) is 3.37. The van der Waals surface area contributed by atoms with Gasteiger partial charge in [-0.05, 0) is 37.6 Å². The standard InChI is InChI=1S/C17H18N4/c1-13-8-9-17(14(2)10-13)18-11-15-12-19-21(20-15)16-6-4-3-5-7-16/h3-10,12,18H,11H2,1-2H3. The molecule has 21 heavy (non-hydrogen) atoms. The van der Waals surface area contributed by atoms with E-state index in [0.717, 1.165) is 17.1 Å². The molecule has 106 valence electrons. The Morgan fingerprint density at radius 3 is 2.62 bits per heavy atom. The van der Waals surface area contributed by atoms with Gasteiger partial charge in [0.15, 0.2) is 0 Å². The summed E-state index contributed by atoms with van der Waals surface area (Å²) >= 11 is 0. The largest absolute Gasteiger partial charge is 0.379 e. The summed E-state index contributed by atoms with van der Waals surface area (Å²) < 4.78 is 0. The molecule has 0 aliphatic heterocycles. The molecule has 0 amide bonds. The minimum absolute atomic E-state index is 0.663. The second-order valence-corrected chi connectivity index (χ2v) is 5.13. The lowest BCUT2D eigenvalue weighted by atomic mass is 10.1. The van der Waals surface area contributed by atoms with E-state index >= 15 is 0 Å². The van der Waals surface area contributed by atoms with Gasteiger partial charge in [0.25, 0.3) is 0 Å². The highest BCUT2D eigenvalue weighted by atomic mass is 15.5. The highest BCUT2D eigenvalue weighted by molar-refractivity contribution is 5.51. The van der Waals surface area contributed by atoms with Gasteiger partial charge in [-0.15, -0.1) is 0 Å². The first-order valence-corrected chi connectivity index (χ1v) is 7.00. The van der Waals surface area contributed by atoms with Crippen molar-refractivity contribution in [2.75, 3.05) is 5.32 Å². The van der Waals surface area contributed by atoms with Gasteiger partial charge in [0.05, 0.1) is 18.4 Å². The van der Waals surface area contributed by atoms with Crippen LogP contribution in [-0.2, 0) is 6.54 Å². The van der Waals surface area contributed by atoms with Crippen molar-refractivity contribution in [1.82, 2.24) is 15.0 Å². The van der Waals surface area contributed by atoms with E-state index in [1.54, 1.807) is 11.0 Å². The summed E-state index contributed by atoms with van der Waals surface area (Å²) in [6.07, 6.45) is 1.80. The molecule has 3 rings (SSSR count). The molecule has 3 aromatic rings. The lowest BCUT2D eigenvalue weighted by molar-refractivity contribution is 0.740. The number of hydrogen-bond acceptors (Lipinski definition) is 3. The maximum atomic E-state index is 4.49. The van der Waals surface area contributed by atoms with Crippen molar-refractivity contribution in [2.45, 2.75) is 20.4 Å². The average molecular weight is 278 g/mol. The highest BCUT2D eigenvalue weighted by Crippen LogP contribution is 2.16. The smallest absolute Gasteiger partial charge is 0.102 e. The first-order valence-electron chi connectivity index (χ1n) is 7.00. The lowest BCUT2D eigenvalue weighted by Crippen LogP contribution is -2.03. The Bertz CT molecular complexity index is 732. The SMILES string of the molecule is Cc1ccc(NCc2cnn(-c3ccccc3)n2)c(C)c1. The number of benzene rings is 2. The quantitative estimate of drug-likeness (QED) is 0.794. The zero-order valence-electron chi connectivity index (χ0n) is 12.2. The molecular weight excluding hydrogens is 260 g/mol. The topological polar surface area (TPSA) is 42.7 Å². The fourth-order valence-corrected chi connectivity index (χ4v) is 2.26. The van der Waals surface area contributed by atoms with Gasteiger partial charge in [0, 0.05) is 5.69 Å². The molecule has 0 spiro atoms. The van der Waals surface area contributed by atoms with E-state index in [4.69, 9.17) is 0 Å². The first kappa shape index (κ1) is 13.4. The van der Waals surface area contributed by atoms with Crippen molar-refractivity contribution in [3.05, 3.63) is 71.5 Å². The van der Waals surface area contributed by atoms with Gasteiger partial charge in [0.1, 0.15) is 5.69 Å². The van der Waals surface area contributed by atoms with Crippen LogP contribution >= 0.6 is 0 Å². The van der Waals surface area contributed by atoms with Crippen LogP contribution in [0.3, 0.4) is 0 Å². The van der Waals surface area contributed by atoms with Crippen LogP contribution in [0.4, 0.5) is 5.69 Å². The third-order valence-corrected chi connectivity index (χ3v) is 3.37. The summed E-state index contributed by atoms with van der Waals surface area (Å²) in [7, 11) is 0. The van der Waals surface area contributed by atoms with E-state index in [1.807, 2.05) is 30.3 Å². The second kappa shape index (κ2) is 5.79. The zero-order chi connectivity index (χ0) is 14.7. The fraction of sp³-hybridized carbons (Fsp3) is 0.176. The molecule has 0 bridgehead atoms. The highest BCUT2D eigenvalue weighted by Gasteiger charge is 2.03. The summed E-state index contributed by atoms with van der Waals surface area (Å²) in [5, 5.41) is 12.2. The second-order valence-electron chi connectivity index (χ2n) is 5.13. The molecule has 0 unspecified atom stereocenters. The molecule has 0 atom stereocenters. The molecule has 0 saturated heterocycles. The number of anilines is 1. The lowest BCUT2D eigenvalue weighted by Gasteiger charge is -2.08. The number of aromatic nitrogens is 3. The normalized spacial score (nSPS) is 10.6. The van der Waals surface area contributed by atoms with E-state index < -0.39 is 0 Å². The van der Waals surface area contributed by atoms with Crippen molar-refractivity contribution in [3.8, 4) is 5.69 Å². The van der Waals surface area contributed by atoms with Crippen LogP contribution < -0.4 is 5.32 Å². The molecule has 2 aromatic carbocycles. The molecule has 0 aliphatic rings. The number of nitrogens with one attached hydrogen (secondary N) is 1.